The summed E-state index contributed by atoms with van der Waals surface area (Å²) in [6.07, 6.45) is 0. The Morgan fingerprint density at radius 2 is 2.31 bits per heavy atom. The van der Waals surface area contributed by atoms with Crippen LogP contribution in [0.3, 0.4) is 0 Å². The van der Waals surface area contributed by atoms with Gasteiger partial charge in [-0.1, -0.05) is 0 Å². The van der Waals surface area contributed by atoms with Crippen molar-refractivity contribution in [1.29, 1.82) is 0 Å². The molecule has 70 valence electrons. The number of nitrogens with two attached hydrogens (primary N) is 1. The van der Waals surface area contributed by atoms with Crippen LogP contribution in [0.25, 0.3) is 0 Å². The van der Waals surface area contributed by atoms with Gasteiger partial charge in [-0.25, -0.2) is 18.4 Å². The van der Waals surface area contributed by atoms with Crippen LogP contribution in [0.4, 0.5) is 0 Å². The zero-order chi connectivity index (χ0) is 9.47. The number of rotatable bonds is 0. The Morgan fingerprint density at radius 1 is 1.54 bits per heavy atom. The van der Waals surface area contributed by atoms with E-state index in [0.717, 1.165) is 4.90 Å². The van der Waals surface area contributed by atoms with Gasteiger partial charge >= 0.3 is 0 Å². The van der Waals surface area contributed by atoms with Crippen molar-refractivity contribution in [2.75, 3.05) is 0 Å². The molecule has 0 unspecified atom stereocenters. The summed E-state index contributed by atoms with van der Waals surface area (Å²) in [7, 11) is -3.72. The Balaban J connectivity index is 2.60. The van der Waals surface area contributed by atoms with Crippen molar-refractivity contribution in [3.8, 4) is 0 Å². The smallest absolute Gasteiger partial charge is 0.246 e. The molecule has 2 heterocycles. The number of thiophene rings is 1. The lowest BCUT2D eigenvalue weighted by atomic mass is 10.5. The van der Waals surface area contributed by atoms with Gasteiger partial charge in [0.2, 0.25) is 5.04 Å². The van der Waals surface area contributed by atoms with Crippen LogP contribution in [0, 0.1) is 0 Å². The largest absolute Gasteiger partial charge is 0.258 e. The van der Waals surface area contributed by atoms with Crippen LogP contribution in [0.2, 0.25) is 0 Å². The molecule has 2 rings (SSSR count). The minimum absolute atomic E-state index is 0.0868. The fraction of sp³-hybridized carbons (Fsp3) is 0. The first-order valence-electron chi connectivity index (χ1n) is 3.19. The third-order valence-electron chi connectivity index (χ3n) is 1.40. The summed E-state index contributed by atoms with van der Waals surface area (Å²) in [4.78, 5) is 3.98. The molecule has 1 aliphatic rings. The van der Waals surface area contributed by atoms with Crippen LogP contribution in [0.15, 0.2) is 21.4 Å². The molecule has 0 saturated heterocycles. The maximum atomic E-state index is 11.1. The Hall–Kier alpha value is -0.570. The second-order valence-electron chi connectivity index (χ2n) is 2.27. The van der Waals surface area contributed by atoms with Crippen LogP contribution in [-0.4, -0.2) is 13.5 Å². The van der Waals surface area contributed by atoms with Gasteiger partial charge in [0.05, 0.1) is 9.77 Å². The zero-order valence-corrected chi connectivity index (χ0v) is 8.67. The summed E-state index contributed by atoms with van der Waals surface area (Å²) in [5.41, 5.74) is 0. The molecule has 0 bridgehead atoms. The van der Waals surface area contributed by atoms with Gasteiger partial charge in [0.1, 0.15) is 0 Å². The maximum absolute atomic E-state index is 11.1. The van der Waals surface area contributed by atoms with Crippen molar-refractivity contribution >= 4 is 38.4 Å². The number of fused-ring (bicyclic) bond motifs is 1. The summed E-state index contributed by atoms with van der Waals surface area (Å²) in [5, 5.41) is 10.3. The summed E-state index contributed by atoms with van der Waals surface area (Å²) in [5.74, 6) is 0. The molecule has 1 aliphatic heterocycles. The van der Waals surface area contributed by atoms with Crippen LogP contribution in [0.1, 0.15) is 4.88 Å². The van der Waals surface area contributed by atoms with Gasteiger partial charge in [0.25, 0.3) is 10.0 Å². The lowest BCUT2D eigenvalue weighted by Crippen LogP contribution is -2.27. The number of sulfonamides is 1. The van der Waals surface area contributed by atoms with E-state index >= 15 is 0 Å². The molecular formula is C5H5N3O2S3. The van der Waals surface area contributed by atoms with Crippen molar-refractivity contribution in [1.82, 2.24) is 4.83 Å². The summed E-state index contributed by atoms with van der Waals surface area (Å²) in [6.45, 7) is 0. The predicted molar refractivity (Wildman–Crippen MR) is 53.0 cm³/mol. The third-order valence-corrected chi connectivity index (χ3v) is 4.15. The highest BCUT2D eigenvalue weighted by Gasteiger charge is 2.24. The van der Waals surface area contributed by atoms with Gasteiger partial charge in [-0.05, 0) is 11.4 Å². The molecule has 5 nitrogen and oxygen atoms in total. The van der Waals surface area contributed by atoms with E-state index in [0.29, 0.717) is 4.88 Å². The van der Waals surface area contributed by atoms with Crippen LogP contribution < -0.4 is 9.97 Å². The quantitative estimate of drug-likeness (QED) is 0.634. The molecule has 0 amide bonds. The number of hydrazone groups is 1. The molecule has 0 saturated carbocycles. The van der Waals surface area contributed by atoms with Crippen molar-refractivity contribution in [3.63, 3.8) is 0 Å². The lowest BCUT2D eigenvalue weighted by molar-refractivity contribution is 0.608. The van der Waals surface area contributed by atoms with Gasteiger partial charge in [-0.2, -0.15) is 5.10 Å². The Bertz CT molecular complexity index is 461. The van der Waals surface area contributed by atoms with E-state index in [1.165, 1.54) is 23.3 Å². The molecule has 8 heteroatoms. The molecule has 3 N–H and O–H groups in total. The molecule has 0 spiro atoms. The first-order chi connectivity index (χ1) is 6.09. The molecule has 1 aromatic rings. The van der Waals surface area contributed by atoms with Crippen molar-refractivity contribution in [2.45, 2.75) is 4.90 Å². The van der Waals surface area contributed by atoms with Gasteiger partial charge in [-0.3, -0.25) is 0 Å². The molecule has 0 aliphatic carbocycles. The molecule has 13 heavy (non-hydrogen) atoms. The van der Waals surface area contributed by atoms with Crippen molar-refractivity contribution < 1.29 is 8.42 Å². The fourth-order valence-corrected chi connectivity index (χ4v) is 3.63. The number of nitrogens with one attached hydrogen (secondary N) is 1. The monoisotopic (exact) mass is 235 g/mol. The van der Waals surface area contributed by atoms with E-state index in [-0.39, 0.29) is 5.04 Å². The van der Waals surface area contributed by atoms with Gasteiger partial charge in [-0.15, -0.1) is 11.3 Å². The predicted octanol–water partition coefficient (Wildman–Crippen LogP) is 0.309. The second-order valence-corrected chi connectivity index (χ2v) is 5.49. The van der Waals surface area contributed by atoms with E-state index in [2.05, 4.69) is 9.93 Å². The molecule has 0 fully saturated rings. The molecule has 1 aromatic heterocycles. The molecule has 0 radical (unpaired) electrons. The topological polar surface area (TPSA) is 84.6 Å². The number of nitrogens with zero attached hydrogens (tertiary/aromatic N) is 1. The average molecular weight is 235 g/mol. The second kappa shape index (κ2) is 2.98. The lowest BCUT2D eigenvalue weighted by Gasteiger charge is -2.10. The minimum atomic E-state index is -3.72. The average Bonchev–Trinajstić information content (AvgIpc) is 2.48. The first kappa shape index (κ1) is 9.00. The van der Waals surface area contributed by atoms with Crippen molar-refractivity contribution in [2.24, 2.45) is 10.2 Å². The fourth-order valence-electron chi connectivity index (χ4n) is 0.891. The van der Waals surface area contributed by atoms with E-state index in [9.17, 15) is 8.42 Å². The van der Waals surface area contributed by atoms with Gasteiger partial charge in [0, 0.05) is 11.9 Å². The number of hydrogen-bond donors (Lipinski definition) is 2. The van der Waals surface area contributed by atoms with E-state index in [1.54, 1.807) is 5.38 Å². The third kappa shape index (κ3) is 1.57. The van der Waals surface area contributed by atoms with E-state index in [1.807, 2.05) is 6.07 Å². The van der Waals surface area contributed by atoms with Crippen LogP contribution >= 0.6 is 23.3 Å². The highest BCUT2D eigenvalue weighted by atomic mass is 32.2. The summed E-state index contributed by atoms with van der Waals surface area (Å²) >= 11 is 2.58. The highest BCUT2D eigenvalue weighted by Crippen LogP contribution is 2.30. The van der Waals surface area contributed by atoms with Crippen LogP contribution in [-0.2, 0) is 10.0 Å². The van der Waals surface area contributed by atoms with E-state index in [4.69, 9.17) is 5.14 Å². The normalized spacial score (nSPS) is 15.9. The van der Waals surface area contributed by atoms with Gasteiger partial charge < -0.3 is 0 Å². The molecule has 0 aromatic carbocycles. The molecule has 0 atom stereocenters. The van der Waals surface area contributed by atoms with E-state index < -0.39 is 10.0 Å². The maximum Gasteiger partial charge on any atom is 0.258 e. The summed E-state index contributed by atoms with van der Waals surface area (Å²) in [6, 6.07) is 1.82. The van der Waals surface area contributed by atoms with Crippen molar-refractivity contribution in [3.05, 3.63) is 16.3 Å². The number of primary sulfonamides is 1. The standard InChI is InChI=1S/C5H5N3O2S3/c6-13(9,10)5-4-3(1-2-11-4)12-8-7-5/h1-2,8H,(H2,6,9,10). The first-order valence-corrected chi connectivity index (χ1v) is 6.43. The Kier molecular flexibility index (Phi) is 2.06. The minimum Gasteiger partial charge on any atom is -0.246 e. The zero-order valence-electron chi connectivity index (χ0n) is 6.22. The molecular weight excluding hydrogens is 230 g/mol. The number of hydrogen-bond acceptors (Lipinski definition) is 6. The van der Waals surface area contributed by atoms with Crippen LogP contribution in [0.5, 0.6) is 0 Å². The SMILES string of the molecule is NS(=O)(=O)C1=NNSc2ccsc21. The Labute approximate surface area is 83.2 Å². The highest BCUT2D eigenvalue weighted by molar-refractivity contribution is 8.05. The summed E-state index contributed by atoms with van der Waals surface area (Å²) < 4.78 is 22.1. The van der Waals surface area contributed by atoms with Gasteiger partial charge in [0.15, 0.2) is 0 Å². The Morgan fingerprint density at radius 3 is 3.00 bits per heavy atom.